The van der Waals surface area contributed by atoms with Crippen LogP contribution in [0.4, 0.5) is 0 Å². The number of hydrogen-bond donors (Lipinski definition) is 3. The Kier molecular flexibility index (Phi) is 79.8. The van der Waals surface area contributed by atoms with E-state index in [4.69, 9.17) is 37.0 Å². The van der Waals surface area contributed by atoms with Gasteiger partial charge in [0, 0.05) is 25.7 Å². The van der Waals surface area contributed by atoms with Crippen molar-refractivity contribution < 1.29 is 80.2 Å². The summed E-state index contributed by atoms with van der Waals surface area (Å²) in [6.07, 6.45) is 75.0. The summed E-state index contributed by atoms with van der Waals surface area (Å²) in [5.74, 6) is -0.448. The first-order valence-corrected chi connectivity index (χ1v) is 49.5. The highest BCUT2D eigenvalue weighted by Crippen LogP contribution is 2.45. The maximum Gasteiger partial charge on any atom is 0.472 e. The van der Waals surface area contributed by atoms with Crippen molar-refractivity contribution >= 4 is 39.5 Å². The first-order chi connectivity index (χ1) is 52.9. The summed E-state index contributed by atoms with van der Waals surface area (Å²) >= 11 is 0. The van der Waals surface area contributed by atoms with Crippen molar-refractivity contribution in [2.45, 2.75) is 503 Å². The van der Waals surface area contributed by atoms with Crippen LogP contribution in [0.15, 0.2) is 0 Å². The third kappa shape index (κ3) is 82.4. The Balaban J connectivity index is 5.24. The molecular weight excluding hydrogens is 1410 g/mol. The summed E-state index contributed by atoms with van der Waals surface area (Å²) in [7, 11) is -9.93. The SMILES string of the molecule is CCCCCCCCCCCCCCCCCCCCCCC(=O)OC[C@H](COP(=O)(O)OC[C@@H](O)COP(=O)(O)OC[C@@H](COC(=O)CCCCCCCCCCCCCC)OC(=O)CCCCCCCCCCCCCCC(C)C)OC(=O)CCCCCCCCCCCCCCCCCCCCC(C)CC. The number of phosphoric acid groups is 2. The maximum atomic E-state index is 13.2. The molecule has 0 fully saturated rings. The molecule has 0 saturated heterocycles. The predicted octanol–water partition coefficient (Wildman–Crippen LogP) is 27.8. The van der Waals surface area contributed by atoms with Gasteiger partial charge < -0.3 is 33.8 Å². The number of carbonyl (C=O) groups excluding carboxylic acids is 4. The number of unbranched alkanes of at least 4 members (excludes halogenated alkanes) is 58. The van der Waals surface area contributed by atoms with E-state index >= 15 is 0 Å². The lowest BCUT2D eigenvalue weighted by Crippen LogP contribution is -2.30. The molecule has 109 heavy (non-hydrogen) atoms. The van der Waals surface area contributed by atoms with E-state index in [1.165, 1.54) is 302 Å². The highest BCUT2D eigenvalue weighted by molar-refractivity contribution is 7.47. The van der Waals surface area contributed by atoms with Gasteiger partial charge in [0.1, 0.15) is 19.3 Å². The number of carbonyl (C=O) groups is 4. The van der Waals surface area contributed by atoms with Crippen molar-refractivity contribution in [1.29, 1.82) is 0 Å². The van der Waals surface area contributed by atoms with Crippen LogP contribution in [0, 0.1) is 11.8 Å². The number of phosphoric ester groups is 2. The number of aliphatic hydroxyl groups is 1. The van der Waals surface area contributed by atoms with Gasteiger partial charge in [-0.15, -0.1) is 0 Å². The fourth-order valence-electron chi connectivity index (χ4n) is 14.1. The van der Waals surface area contributed by atoms with Gasteiger partial charge in [0.25, 0.3) is 0 Å². The van der Waals surface area contributed by atoms with Crippen LogP contribution in [0.25, 0.3) is 0 Å². The Labute approximate surface area is 670 Å². The van der Waals surface area contributed by atoms with Gasteiger partial charge in [0.15, 0.2) is 12.2 Å². The third-order valence-corrected chi connectivity index (χ3v) is 23.5. The normalized spacial score (nSPS) is 14.0. The first-order valence-electron chi connectivity index (χ1n) is 46.5. The van der Waals surface area contributed by atoms with Crippen LogP contribution in [0.2, 0.25) is 0 Å². The zero-order chi connectivity index (χ0) is 79.9. The summed E-state index contributed by atoms with van der Waals surface area (Å²) in [5, 5.41) is 10.7. The molecule has 0 aromatic heterocycles. The molecule has 19 heteroatoms. The summed E-state index contributed by atoms with van der Waals surface area (Å²) in [6, 6.07) is 0. The van der Waals surface area contributed by atoms with Crippen LogP contribution >= 0.6 is 15.6 Å². The van der Waals surface area contributed by atoms with Gasteiger partial charge in [-0.05, 0) is 37.5 Å². The van der Waals surface area contributed by atoms with Gasteiger partial charge in [0.05, 0.1) is 26.4 Å². The molecule has 3 unspecified atom stereocenters. The zero-order valence-electron chi connectivity index (χ0n) is 71.9. The lowest BCUT2D eigenvalue weighted by Gasteiger charge is -2.21. The van der Waals surface area contributed by atoms with E-state index in [-0.39, 0.29) is 25.7 Å². The number of ether oxygens (including phenoxy) is 4. The van der Waals surface area contributed by atoms with E-state index in [1.54, 1.807) is 0 Å². The molecule has 0 aromatic rings. The average molecular weight is 1590 g/mol. The van der Waals surface area contributed by atoms with Crippen LogP contribution in [0.5, 0.6) is 0 Å². The minimum absolute atomic E-state index is 0.108. The molecular formula is C90H176O17P2. The quantitative estimate of drug-likeness (QED) is 0.0222. The van der Waals surface area contributed by atoms with Crippen LogP contribution in [0.3, 0.4) is 0 Å². The van der Waals surface area contributed by atoms with Crippen LogP contribution in [-0.4, -0.2) is 96.7 Å². The van der Waals surface area contributed by atoms with E-state index in [9.17, 15) is 43.2 Å². The minimum atomic E-state index is -4.97. The third-order valence-electron chi connectivity index (χ3n) is 21.6. The Hall–Kier alpha value is -1.94. The van der Waals surface area contributed by atoms with Crippen molar-refractivity contribution in [3.8, 4) is 0 Å². The molecule has 648 valence electrons. The van der Waals surface area contributed by atoms with Crippen molar-refractivity contribution in [3.05, 3.63) is 0 Å². The van der Waals surface area contributed by atoms with Crippen LogP contribution in [-0.2, 0) is 65.4 Å². The second-order valence-corrected chi connectivity index (χ2v) is 36.0. The van der Waals surface area contributed by atoms with E-state index in [0.717, 1.165) is 102 Å². The molecule has 0 aliphatic heterocycles. The van der Waals surface area contributed by atoms with E-state index in [2.05, 4.69) is 41.5 Å². The Bertz CT molecular complexity index is 2080. The minimum Gasteiger partial charge on any atom is -0.462 e. The highest BCUT2D eigenvalue weighted by Gasteiger charge is 2.31. The Morgan fingerprint density at radius 1 is 0.266 bits per heavy atom. The molecule has 0 spiro atoms. The lowest BCUT2D eigenvalue weighted by molar-refractivity contribution is -0.161. The number of rotatable bonds is 89. The fraction of sp³-hybridized carbons (Fsp3) is 0.956. The van der Waals surface area contributed by atoms with Gasteiger partial charge in [0.2, 0.25) is 0 Å². The maximum absolute atomic E-state index is 13.2. The molecule has 17 nitrogen and oxygen atoms in total. The fourth-order valence-corrected chi connectivity index (χ4v) is 15.7. The smallest absolute Gasteiger partial charge is 0.462 e. The Morgan fingerprint density at radius 2 is 0.468 bits per heavy atom. The van der Waals surface area contributed by atoms with Gasteiger partial charge in [-0.1, -0.05) is 433 Å². The average Bonchev–Trinajstić information content (AvgIpc) is 0.905. The second-order valence-electron chi connectivity index (χ2n) is 33.1. The zero-order valence-corrected chi connectivity index (χ0v) is 73.7. The topological polar surface area (TPSA) is 237 Å². The molecule has 0 bridgehead atoms. The van der Waals surface area contributed by atoms with Crippen molar-refractivity contribution in [2.24, 2.45) is 11.8 Å². The van der Waals surface area contributed by atoms with Gasteiger partial charge >= 0.3 is 39.5 Å². The molecule has 0 radical (unpaired) electrons. The molecule has 6 atom stereocenters. The molecule has 0 rings (SSSR count). The largest absolute Gasteiger partial charge is 0.472 e. The molecule has 0 heterocycles. The standard InChI is InChI=1S/C90H176O17P2/c1-7-10-12-14-16-18-20-22-23-24-25-26-30-33-36-43-49-55-61-67-73-88(93)101-79-86(106-89(94)74-68-62-56-50-44-37-34-31-28-27-29-32-35-41-47-53-59-65-71-83(6)9-3)81-105-109(98,99)103-77-84(91)76-102-108(96,97)104-80-85(78-100-87(92)72-66-60-54-48-42-21-19-17-15-13-11-8-2)107-90(95)75-69-63-57-51-45-39-38-40-46-52-58-64-70-82(4)5/h82-86,91H,7-81H2,1-6H3,(H,96,97)(H,98,99)/t83?,84-,85+,86+/m0/s1. The number of hydrogen-bond acceptors (Lipinski definition) is 15. The molecule has 0 saturated carbocycles. The number of aliphatic hydroxyl groups excluding tert-OH is 1. The summed E-state index contributed by atoms with van der Waals surface area (Å²) in [5.41, 5.74) is 0. The molecule has 0 aliphatic carbocycles. The molecule has 0 amide bonds. The van der Waals surface area contributed by atoms with Gasteiger partial charge in [-0.3, -0.25) is 37.3 Å². The Morgan fingerprint density at radius 3 is 0.697 bits per heavy atom. The summed E-state index contributed by atoms with van der Waals surface area (Å²) < 4.78 is 69.0. The first kappa shape index (κ1) is 107. The van der Waals surface area contributed by atoms with E-state index < -0.39 is 97.5 Å². The molecule has 0 aromatic carbocycles. The van der Waals surface area contributed by atoms with Gasteiger partial charge in [-0.2, -0.15) is 0 Å². The highest BCUT2D eigenvalue weighted by atomic mass is 31.2. The molecule has 0 aliphatic rings. The number of esters is 4. The summed E-state index contributed by atoms with van der Waals surface area (Å²) in [6.45, 7) is 9.77. The van der Waals surface area contributed by atoms with Crippen molar-refractivity contribution in [3.63, 3.8) is 0 Å². The second kappa shape index (κ2) is 81.2. The monoisotopic (exact) mass is 1590 g/mol. The lowest BCUT2D eigenvalue weighted by atomic mass is 9.99. The van der Waals surface area contributed by atoms with E-state index in [0.29, 0.717) is 25.7 Å². The molecule has 3 N–H and O–H groups in total. The van der Waals surface area contributed by atoms with Crippen molar-refractivity contribution in [2.75, 3.05) is 39.6 Å². The van der Waals surface area contributed by atoms with Gasteiger partial charge in [-0.25, -0.2) is 9.13 Å². The predicted molar refractivity (Wildman–Crippen MR) is 451 cm³/mol. The van der Waals surface area contributed by atoms with E-state index in [1.807, 2.05) is 0 Å². The van der Waals surface area contributed by atoms with Crippen LogP contribution in [0.1, 0.15) is 485 Å². The van der Waals surface area contributed by atoms with Crippen LogP contribution < -0.4 is 0 Å². The van der Waals surface area contributed by atoms with Crippen molar-refractivity contribution in [1.82, 2.24) is 0 Å². The summed E-state index contributed by atoms with van der Waals surface area (Å²) in [4.78, 5) is 73.4.